The molecule has 0 bridgehead atoms. The number of ether oxygens (including phenoxy) is 2. The second-order valence-electron chi connectivity index (χ2n) is 3.24. The van der Waals surface area contributed by atoms with Gasteiger partial charge in [-0.3, -0.25) is 0 Å². The number of hydrogen-bond donors (Lipinski definition) is 1. The zero-order valence-corrected chi connectivity index (χ0v) is 10.2. The molecule has 4 heteroatoms. The molecule has 0 radical (unpaired) electrons. The molecule has 1 aliphatic heterocycles. The monoisotopic (exact) mass is 236 g/mol. The number of carboxylic acids is 1. The highest BCUT2D eigenvalue weighted by atomic mass is 16.7. The molecule has 0 amide bonds. The van der Waals surface area contributed by atoms with Crippen LogP contribution in [0.3, 0.4) is 0 Å². The molecule has 92 valence electrons. The van der Waals surface area contributed by atoms with Crippen molar-refractivity contribution in [2.75, 3.05) is 6.79 Å². The molecule has 1 heterocycles. The lowest BCUT2D eigenvalue weighted by atomic mass is 10.1. The minimum atomic E-state index is -0.967. The van der Waals surface area contributed by atoms with E-state index in [1.54, 1.807) is 6.07 Å². The third-order valence-corrected chi connectivity index (χ3v) is 2.10. The molecular formula is C13H16O4. The van der Waals surface area contributed by atoms with E-state index in [0.717, 1.165) is 23.0 Å². The van der Waals surface area contributed by atoms with Gasteiger partial charge in [0.15, 0.2) is 11.5 Å². The van der Waals surface area contributed by atoms with Gasteiger partial charge in [0, 0.05) is 6.08 Å². The van der Waals surface area contributed by atoms with Crippen LogP contribution in [-0.2, 0) is 4.79 Å². The van der Waals surface area contributed by atoms with E-state index < -0.39 is 5.97 Å². The Morgan fingerprint density at radius 1 is 1.35 bits per heavy atom. The van der Waals surface area contributed by atoms with Crippen molar-refractivity contribution in [2.45, 2.75) is 20.8 Å². The number of carbonyl (C=O) groups is 1. The highest BCUT2D eigenvalue weighted by Gasteiger charge is 2.16. The van der Waals surface area contributed by atoms with Crippen molar-refractivity contribution < 1.29 is 19.4 Å². The molecule has 17 heavy (non-hydrogen) atoms. The smallest absolute Gasteiger partial charge is 0.328 e. The maximum absolute atomic E-state index is 10.3. The molecule has 1 aromatic rings. The van der Waals surface area contributed by atoms with Crippen LogP contribution in [0.5, 0.6) is 11.5 Å². The van der Waals surface area contributed by atoms with Crippen molar-refractivity contribution in [2.24, 2.45) is 0 Å². The molecule has 4 nitrogen and oxygen atoms in total. The Hall–Kier alpha value is -1.97. The lowest BCUT2D eigenvalue weighted by Crippen LogP contribution is -1.93. The molecule has 0 saturated heterocycles. The zero-order valence-electron chi connectivity index (χ0n) is 10.2. The van der Waals surface area contributed by atoms with Gasteiger partial charge in [0.25, 0.3) is 0 Å². The van der Waals surface area contributed by atoms with E-state index in [9.17, 15) is 4.79 Å². The van der Waals surface area contributed by atoms with Crippen LogP contribution >= 0.6 is 0 Å². The fraction of sp³-hybridized carbons (Fsp3) is 0.308. The quantitative estimate of drug-likeness (QED) is 0.802. The van der Waals surface area contributed by atoms with Gasteiger partial charge in [-0.1, -0.05) is 13.8 Å². The zero-order chi connectivity index (χ0) is 12.8. The van der Waals surface area contributed by atoms with Crippen LogP contribution in [0.1, 0.15) is 25.0 Å². The number of rotatable bonds is 2. The van der Waals surface area contributed by atoms with Gasteiger partial charge < -0.3 is 14.6 Å². The number of carboxylic acid groups (broad SMARTS) is 1. The summed E-state index contributed by atoms with van der Waals surface area (Å²) in [6.07, 6.45) is 2.62. The van der Waals surface area contributed by atoms with Crippen molar-refractivity contribution in [1.29, 1.82) is 0 Å². The molecule has 1 N–H and O–H groups in total. The van der Waals surface area contributed by atoms with Gasteiger partial charge in [-0.05, 0) is 36.3 Å². The second-order valence-corrected chi connectivity index (χ2v) is 3.24. The maximum atomic E-state index is 10.3. The molecule has 1 aliphatic rings. The third kappa shape index (κ3) is 3.24. The Kier molecular flexibility index (Phi) is 4.57. The summed E-state index contributed by atoms with van der Waals surface area (Å²) in [5, 5.41) is 8.49. The molecule has 0 fully saturated rings. The third-order valence-electron chi connectivity index (χ3n) is 2.10. The van der Waals surface area contributed by atoms with E-state index in [1.807, 2.05) is 26.8 Å². The first-order chi connectivity index (χ1) is 8.16. The highest BCUT2D eigenvalue weighted by molar-refractivity contribution is 5.85. The molecule has 0 aliphatic carbocycles. The summed E-state index contributed by atoms with van der Waals surface area (Å²) in [5.41, 5.74) is 1.73. The van der Waals surface area contributed by atoms with Gasteiger partial charge in [-0.25, -0.2) is 4.79 Å². The summed E-state index contributed by atoms with van der Waals surface area (Å²) in [6.45, 7) is 6.12. The Morgan fingerprint density at radius 2 is 2.06 bits per heavy atom. The number of benzene rings is 1. The van der Waals surface area contributed by atoms with Crippen LogP contribution in [-0.4, -0.2) is 17.9 Å². The summed E-state index contributed by atoms with van der Waals surface area (Å²) >= 11 is 0. The van der Waals surface area contributed by atoms with E-state index in [0.29, 0.717) is 5.75 Å². The Labute approximate surface area is 100 Å². The lowest BCUT2D eigenvalue weighted by molar-refractivity contribution is -0.131. The van der Waals surface area contributed by atoms with Crippen LogP contribution in [0.4, 0.5) is 0 Å². The van der Waals surface area contributed by atoms with Crippen molar-refractivity contribution in [3.63, 3.8) is 0 Å². The number of aliphatic carboxylic acids is 1. The second kappa shape index (κ2) is 5.94. The SMILES string of the molecule is CC.Cc1cc(/C=C/C(=O)O)cc2c1OCO2. The average molecular weight is 236 g/mol. The molecule has 0 spiro atoms. The van der Waals surface area contributed by atoms with Crippen molar-refractivity contribution in [3.05, 3.63) is 29.3 Å². The number of aryl methyl sites for hydroxylation is 1. The molecule has 1 aromatic carbocycles. The predicted molar refractivity (Wildman–Crippen MR) is 65.3 cm³/mol. The first-order valence-corrected chi connectivity index (χ1v) is 5.48. The largest absolute Gasteiger partial charge is 0.478 e. The summed E-state index contributed by atoms with van der Waals surface area (Å²) in [6, 6.07) is 3.61. The van der Waals surface area contributed by atoms with Crippen LogP contribution in [0.2, 0.25) is 0 Å². The van der Waals surface area contributed by atoms with Crippen molar-refractivity contribution >= 4 is 12.0 Å². The number of hydrogen-bond acceptors (Lipinski definition) is 3. The van der Waals surface area contributed by atoms with Crippen molar-refractivity contribution in [3.8, 4) is 11.5 Å². The fourth-order valence-electron chi connectivity index (χ4n) is 1.48. The van der Waals surface area contributed by atoms with Crippen LogP contribution in [0.15, 0.2) is 18.2 Å². The minimum Gasteiger partial charge on any atom is -0.478 e. The van der Waals surface area contributed by atoms with E-state index in [1.165, 1.54) is 6.08 Å². The van der Waals surface area contributed by atoms with Gasteiger partial charge in [0.2, 0.25) is 6.79 Å². The topological polar surface area (TPSA) is 55.8 Å². The van der Waals surface area contributed by atoms with E-state index in [4.69, 9.17) is 14.6 Å². The molecule has 0 unspecified atom stereocenters. The Bertz CT molecular complexity index is 435. The molecule has 0 atom stereocenters. The van der Waals surface area contributed by atoms with Crippen LogP contribution in [0.25, 0.3) is 6.08 Å². The predicted octanol–water partition coefficient (Wildman–Crippen LogP) is 2.85. The Balaban J connectivity index is 0.000000686. The van der Waals surface area contributed by atoms with Gasteiger partial charge in [0.05, 0.1) is 0 Å². The minimum absolute atomic E-state index is 0.224. The van der Waals surface area contributed by atoms with Gasteiger partial charge in [-0.15, -0.1) is 0 Å². The van der Waals surface area contributed by atoms with Crippen LogP contribution in [0, 0.1) is 6.92 Å². The summed E-state index contributed by atoms with van der Waals surface area (Å²) in [4.78, 5) is 10.3. The van der Waals surface area contributed by atoms with Gasteiger partial charge in [0.1, 0.15) is 0 Å². The molecule has 0 saturated carbocycles. The van der Waals surface area contributed by atoms with E-state index in [-0.39, 0.29) is 6.79 Å². The van der Waals surface area contributed by atoms with Gasteiger partial charge >= 0.3 is 5.97 Å². The summed E-state index contributed by atoms with van der Waals surface area (Å²) in [5.74, 6) is 0.438. The molecule has 0 aromatic heterocycles. The van der Waals surface area contributed by atoms with Crippen molar-refractivity contribution in [1.82, 2.24) is 0 Å². The van der Waals surface area contributed by atoms with Crippen LogP contribution < -0.4 is 9.47 Å². The average Bonchev–Trinajstić information content (AvgIpc) is 2.78. The first kappa shape index (κ1) is 13.1. The summed E-state index contributed by atoms with van der Waals surface area (Å²) in [7, 11) is 0. The normalized spacial score (nSPS) is 12.2. The fourth-order valence-corrected chi connectivity index (χ4v) is 1.48. The maximum Gasteiger partial charge on any atom is 0.328 e. The first-order valence-electron chi connectivity index (χ1n) is 5.48. The summed E-state index contributed by atoms with van der Waals surface area (Å²) < 4.78 is 10.5. The molecule has 2 rings (SSSR count). The van der Waals surface area contributed by atoms with E-state index in [2.05, 4.69) is 0 Å². The lowest BCUT2D eigenvalue weighted by Gasteiger charge is -2.01. The highest BCUT2D eigenvalue weighted by Crippen LogP contribution is 2.36. The number of fused-ring (bicyclic) bond motifs is 1. The Morgan fingerprint density at radius 3 is 2.71 bits per heavy atom. The van der Waals surface area contributed by atoms with E-state index >= 15 is 0 Å². The standard InChI is InChI=1S/C11H10O4.C2H6/c1-7-4-8(2-3-10(12)13)5-9-11(7)15-6-14-9;1-2/h2-5H,6H2,1H3,(H,12,13);1-2H3/b3-2+;. The molecular weight excluding hydrogens is 220 g/mol. The van der Waals surface area contributed by atoms with Gasteiger partial charge in [-0.2, -0.15) is 0 Å².